The van der Waals surface area contributed by atoms with E-state index in [0.717, 1.165) is 37.1 Å². The Morgan fingerprint density at radius 1 is 1.11 bits per heavy atom. The molecule has 1 aromatic carbocycles. The second-order valence-electron chi connectivity index (χ2n) is 6.84. The number of rotatable bonds is 5. The number of hydrogen-bond acceptors (Lipinski definition) is 5. The molecule has 3 rings (SSSR count). The summed E-state index contributed by atoms with van der Waals surface area (Å²) in [6.07, 6.45) is 4.82. The van der Waals surface area contributed by atoms with Gasteiger partial charge in [0.25, 0.3) is 5.91 Å². The van der Waals surface area contributed by atoms with Crippen molar-refractivity contribution in [1.82, 2.24) is 20.2 Å². The van der Waals surface area contributed by atoms with E-state index in [1.54, 1.807) is 18.5 Å². The van der Waals surface area contributed by atoms with Crippen molar-refractivity contribution in [1.29, 1.82) is 0 Å². The average molecular weight is 367 g/mol. The van der Waals surface area contributed by atoms with Gasteiger partial charge in [-0.05, 0) is 44.4 Å². The molecule has 1 unspecified atom stereocenters. The van der Waals surface area contributed by atoms with Crippen LogP contribution in [0.15, 0.2) is 42.7 Å². The highest BCUT2D eigenvalue weighted by atomic mass is 16.2. The lowest BCUT2D eigenvalue weighted by Crippen LogP contribution is -2.50. The molecule has 7 heteroatoms. The fourth-order valence-corrected chi connectivity index (χ4v) is 3.27. The quantitative estimate of drug-likeness (QED) is 0.844. The summed E-state index contributed by atoms with van der Waals surface area (Å²) >= 11 is 0. The Balaban J connectivity index is 1.49. The highest BCUT2D eigenvalue weighted by molar-refractivity contribution is 5.95. The Bertz CT molecular complexity index is 788. The third-order valence-corrected chi connectivity index (χ3v) is 4.98. The maximum absolute atomic E-state index is 12.5. The van der Waals surface area contributed by atoms with Gasteiger partial charge in [0.05, 0.1) is 6.04 Å². The lowest BCUT2D eigenvalue weighted by atomic mass is 10.0. The van der Waals surface area contributed by atoms with Crippen molar-refractivity contribution in [3.05, 3.63) is 53.9 Å². The zero-order valence-electron chi connectivity index (χ0n) is 15.7. The maximum atomic E-state index is 12.5. The number of aryl methyl sites for hydroxylation is 1. The maximum Gasteiger partial charge on any atom is 0.251 e. The zero-order chi connectivity index (χ0) is 19.2. The molecule has 0 aliphatic carbocycles. The number of likely N-dealkylation sites (tertiary alicyclic amines) is 1. The van der Waals surface area contributed by atoms with Crippen LogP contribution in [0.4, 0.5) is 5.95 Å². The van der Waals surface area contributed by atoms with E-state index in [-0.39, 0.29) is 23.9 Å². The van der Waals surface area contributed by atoms with Crippen molar-refractivity contribution >= 4 is 17.8 Å². The van der Waals surface area contributed by atoms with Crippen LogP contribution in [0.25, 0.3) is 0 Å². The first-order valence-electron chi connectivity index (χ1n) is 9.23. The Morgan fingerprint density at radius 3 is 2.44 bits per heavy atom. The number of anilines is 1. The van der Waals surface area contributed by atoms with E-state index < -0.39 is 0 Å². The number of carbonyl (C=O) groups excluding carboxylic acids is 2. The van der Waals surface area contributed by atoms with E-state index in [9.17, 15) is 9.59 Å². The Hall–Kier alpha value is -2.80. The first-order chi connectivity index (χ1) is 13.0. The summed E-state index contributed by atoms with van der Waals surface area (Å²) in [5.41, 5.74) is 1.69. The lowest BCUT2D eigenvalue weighted by Gasteiger charge is -2.35. The smallest absolute Gasteiger partial charge is 0.251 e. The van der Waals surface area contributed by atoms with E-state index in [2.05, 4.69) is 25.5 Å². The topological polar surface area (TPSA) is 87.2 Å². The molecule has 2 aromatic rings. The molecule has 1 saturated heterocycles. The standard InChI is InChI=1S/C20H25N5O2/c1-14-6-3-4-7-17(14)19(27)23-16-8-12-25(13-9-16)15(2)18(26)24-20-21-10-5-11-22-20/h3-7,10-11,15-16H,8-9,12-13H2,1-2H3,(H,23,27)(H,21,22,24,26). The molecular formula is C20H25N5O2. The average Bonchev–Trinajstić information content (AvgIpc) is 2.69. The monoisotopic (exact) mass is 367 g/mol. The minimum absolute atomic E-state index is 0.0291. The van der Waals surface area contributed by atoms with E-state index in [4.69, 9.17) is 0 Å². The molecule has 1 atom stereocenters. The van der Waals surface area contributed by atoms with Crippen molar-refractivity contribution in [3.8, 4) is 0 Å². The number of piperidine rings is 1. The van der Waals surface area contributed by atoms with Crippen LogP contribution >= 0.6 is 0 Å². The van der Waals surface area contributed by atoms with Crippen LogP contribution in [0.5, 0.6) is 0 Å². The largest absolute Gasteiger partial charge is 0.349 e. The molecule has 0 spiro atoms. The fourth-order valence-electron chi connectivity index (χ4n) is 3.27. The van der Waals surface area contributed by atoms with Crippen LogP contribution in [-0.2, 0) is 4.79 Å². The molecule has 2 heterocycles. The minimum atomic E-state index is -0.276. The van der Waals surface area contributed by atoms with Crippen LogP contribution < -0.4 is 10.6 Å². The number of amides is 2. The van der Waals surface area contributed by atoms with Gasteiger partial charge >= 0.3 is 0 Å². The highest BCUT2D eigenvalue weighted by Gasteiger charge is 2.28. The molecule has 0 bridgehead atoms. The third kappa shape index (κ3) is 4.89. The molecule has 1 aliphatic rings. The summed E-state index contributed by atoms with van der Waals surface area (Å²) in [7, 11) is 0. The SMILES string of the molecule is Cc1ccccc1C(=O)NC1CCN(C(C)C(=O)Nc2ncccn2)CC1. The molecule has 2 amide bonds. The predicted molar refractivity (Wildman–Crippen MR) is 103 cm³/mol. The van der Waals surface area contributed by atoms with Crippen LogP contribution in [0.2, 0.25) is 0 Å². The Kier molecular flexibility index (Phi) is 6.13. The van der Waals surface area contributed by atoms with E-state index in [1.165, 1.54) is 0 Å². The number of aromatic nitrogens is 2. The van der Waals surface area contributed by atoms with Crippen molar-refractivity contribution < 1.29 is 9.59 Å². The Morgan fingerprint density at radius 2 is 1.78 bits per heavy atom. The van der Waals surface area contributed by atoms with Crippen molar-refractivity contribution in [3.63, 3.8) is 0 Å². The number of carbonyl (C=O) groups is 2. The van der Waals surface area contributed by atoms with Crippen LogP contribution in [0.3, 0.4) is 0 Å². The van der Waals surface area contributed by atoms with Gasteiger partial charge in [0, 0.05) is 37.1 Å². The third-order valence-electron chi connectivity index (χ3n) is 4.98. The molecule has 0 radical (unpaired) electrons. The number of benzene rings is 1. The first kappa shape index (κ1) is 19.0. The van der Waals surface area contributed by atoms with Crippen LogP contribution in [0, 0.1) is 6.92 Å². The van der Waals surface area contributed by atoms with Crippen LogP contribution in [0.1, 0.15) is 35.7 Å². The minimum Gasteiger partial charge on any atom is -0.349 e. The van der Waals surface area contributed by atoms with E-state index in [1.807, 2.05) is 38.1 Å². The van der Waals surface area contributed by atoms with Gasteiger partial charge in [-0.25, -0.2) is 9.97 Å². The number of nitrogens with zero attached hydrogens (tertiary/aromatic N) is 3. The summed E-state index contributed by atoms with van der Waals surface area (Å²) in [5, 5.41) is 5.86. The summed E-state index contributed by atoms with van der Waals surface area (Å²) in [6.45, 7) is 5.32. The fraction of sp³-hybridized carbons (Fsp3) is 0.400. The second kappa shape index (κ2) is 8.73. The molecule has 1 fully saturated rings. The molecule has 7 nitrogen and oxygen atoms in total. The number of hydrogen-bond donors (Lipinski definition) is 2. The Labute approximate surface area is 159 Å². The van der Waals surface area contributed by atoms with Crippen molar-refractivity contribution in [2.75, 3.05) is 18.4 Å². The van der Waals surface area contributed by atoms with Crippen LogP contribution in [-0.4, -0.2) is 51.9 Å². The molecule has 27 heavy (non-hydrogen) atoms. The van der Waals surface area contributed by atoms with Gasteiger partial charge in [-0.1, -0.05) is 18.2 Å². The van der Waals surface area contributed by atoms with Gasteiger partial charge < -0.3 is 5.32 Å². The van der Waals surface area contributed by atoms with Gasteiger partial charge in [-0.3, -0.25) is 19.8 Å². The first-order valence-corrected chi connectivity index (χ1v) is 9.23. The molecule has 0 saturated carbocycles. The molecule has 1 aromatic heterocycles. The van der Waals surface area contributed by atoms with Gasteiger partial charge in [-0.15, -0.1) is 0 Å². The predicted octanol–water partition coefficient (Wildman–Crippen LogP) is 2.01. The van der Waals surface area contributed by atoms with Gasteiger partial charge in [0.1, 0.15) is 0 Å². The number of nitrogens with one attached hydrogen (secondary N) is 2. The second-order valence-corrected chi connectivity index (χ2v) is 6.84. The molecule has 1 aliphatic heterocycles. The lowest BCUT2D eigenvalue weighted by molar-refractivity contribution is -0.121. The van der Waals surface area contributed by atoms with Gasteiger partial charge in [0.15, 0.2) is 0 Å². The van der Waals surface area contributed by atoms with Gasteiger partial charge in [0.2, 0.25) is 11.9 Å². The van der Waals surface area contributed by atoms with Crippen molar-refractivity contribution in [2.45, 2.75) is 38.8 Å². The zero-order valence-corrected chi connectivity index (χ0v) is 15.7. The summed E-state index contributed by atoms with van der Waals surface area (Å²) < 4.78 is 0. The molecule has 2 N–H and O–H groups in total. The summed E-state index contributed by atoms with van der Waals surface area (Å²) in [5.74, 6) is 0.164. The molecular weight excluding hydrogens is 342 g/mol. The highest BCUT2D eigenvalue weighted by Crippen LogP contribution is 2.15. The van der Waals surface area contributed by atoms with E-state index >= 15 is 0 Å². The van der Waals surface area contributed by atoms with Gasteiger partial charge in [-0.2, -0.15) is 0 Å². The summed E-state index contributed by atoms with van der Waals surface area (Å²) in [4.78, 5) is 35.0. The molecule has 142 valence electrons. The summed E-state index contributed by atoms with van der Waals surface area (Å²) in [6, 6.07) is 9.14. The van der Waals surface area contributed by atoms with E-state index in [0.29, 0.717) is 5.95 Å². The normalized spacial score (nSPS) is 16.5. The van der Waals surface area contributed by atoms with Crippen molar-refractivity contribution in [2.24, 2.45) is 0 Å².